The number of carbonyl (C=O) groups excluding carboxylic acids is 2. The molecule has 5 rings (SSSR count). The van der Waals surface area contributed by atoms with Crippen molar-refractivity contribution in [2.45, 2.75) is 100 Å². The first kappa shape index (κ1) is 23.5. The molecule has 1 aliphatic heterocycles. The molecule has 1 aromatic rings. The average molecular weight is 474 g/mol. The number of amides is 2. The summed E-state index contributed by atoms with van der Waals surface area (Å²) in [7, 11) is 0. The topological polar surface area (TPSA) is 115 Å². The molecule has 0 unspecified atom stereocenters. The quantitative estimate of drug-likeness (QED) is 0.562. The van der Waals surface area contributed by atoms with Crippen LogP contribution in [0.2, 0.25) is 0 Å². The van der Waals surface area contributed by atoms with E-state index in [1.807, 2.05) is 0 Å². The monoisotopic (exact) mass is 473 g/mol. The van der Waals surface area contributed by atoms with E-state index in [1.54, 1.807) is 13.0 Å². The molecule has 0 aromatic carbocycles. The van der Waals surface area contributed by atoms with E-state index in [0.717, 1.165) is 57.8 Å². The van der Waals surface area contributed by atoms with Crippen LogP contribution in [0.15, 0.2) is 6.07 Å². The van der Waals surface area contributed by atoms with Crippen LogP contribution in [0.4, 0.5) is 4.39 Å². The number of nitrogens with one attached hydrogen (secondary N) is 1. The van der Waals surface area contributed by atoms with Crippen LogP contribution in [-0.2, 0) is 20.6 Å². The number of alkyl halides is 1. The second-order valence-electron chi connectivity index (χ2n) is 11.1. The zero-order valence-electron chi connectivity index (χ0n) is 20.0. The minimum absolute atomic E-state index is 0.0867. The lowest BCUT2D eigenvalue weighted by Crippen LogP contribution is -2.50. The van der Waals surface area contributed by atoms with Crippen molar-refractivity contribution in [2.24, 2.45) is 11.7 Å². The first-order valence-electron chi connectivity index (χ1n) is 12.9. The first-order valence-corrected chi connectivity index (χ1v) is 12.9. The van der Waals surface area contributed by atoms with Gasteiger partial charge in [-0.2, -0.15) is 0 Å². The van der Waals surface area contributed by atoms with Gasteiger partial charge in [0.2, 0.25) is 11.8 Å². The molecule has 3 saturated carbocycles. The zero-order valence-corrected chi connectivity index (χ0v) is 20.0. The van der Waals surface area contributed by atoms with Crippen LogP contribution in [0.3, 0.4) is 0 Å². The van der Waals surface area contributed by atoms with E-state index in [4.69, 9.17) is 15.5 Å². The minimum atomic E-state index is -1.99. The molecule has 186 valence electrons. The van der Waals surface area contributed by atoms with Crippen molar-refractivity contribution >= 4 is 11.8 Å². The number of halogens is 1. The first-order chi connectivity index (χ1) is 16.2. The second kappa shape index (κ2) is 8.47. The third-order valence-electron chi connectivity index (χ3n) is 8.73. The molecular formula is C26H36FN3O4. The number of primary amides is 1. The number of fused-ring (bicyclic) bond motifs is 1. The van der Waals surface area contributed by atoms with Crippen molar-refractivity contribution in [1.29, 1.82) is 0 Å². The lowest BCUT2D eigenvalue weighted by Gasteiger charge is -2.34. The van der Waals surface area contributed by atoms with E-state index in [1.165, 1.54) is 0 Å². The van der Waals surface area contributed by atoms with Gasteiger partial charge in [-0.05, 0) is 51.5 Å². The maximum atomic E-state index is 15.8. The summed E-state index contributed by atoms with van der Waals surface area (Å²) < 4.78 is 21.8. The van der Waals surface area contributed by atoms with E-state index in [0.29, 0.717) is 17.0 Å². The van der Waals surface area contributed by atoms with Gasteiger partial charge in [0.1, 0.15) is 23.4 Å². The number of pyridine rings is 1. The fraction of sp³-hybridized carbons (Fsp3) is 0.731. The Labute approximate surface area is 200 Å². The molecule has 7 nitrogen and oxygen atoms in total. The van der Waals surface area contributed by atoms with Gasteiger partial charge in [0.15, 0.2) is 5.60 Å². The molecule has 0 saturated heterocycles. The predicted molar refractivity (Wildman–Crippen MR) is 124 cm³/mol. The Hall–Kier alpha value is -2.22. The number of nitrogens with zero attached hydrogens (tertiary/aromatic N) is 1. The summed E-state index contributed by atoms with van der Waals surface area (Å²) in [6.45, 7) is 1.57. The third-order valence-corrected chi connectivity index (χ3v) is 8.73. The summed E-state index contributed by atoms with van der Waals surface area (Å²) in [5.74, 6) is -0.0873. The molecule has 0 bridgehead atoms. The summed E-state index contributed by atoms with van der Waals surface area (Å²) >= 11 is 0. The number of nitrogens with two attached hydrogens (primary N) is 1. The summed E-state index contributed by atoms with van der Waals surface area (Å²) in [4.78, 5) is 30.0. The SMILES string of the molecule is C[C@]1(C(N)=O)COc2c1cc([C@@](O)(CNC(=O)C1CCCC1)C1(F)CC1)nc2C1CCCCC1. The predicted octanol–water partition coefficient (Wildman–Crippen LogP) is 3.26. The van der Waals surface area contributed by atoms with Crippen molar-refractivity contribution in [1.82, 2.24) is 10.3 Å². The van der Waals surface area contributed by atoms with Gasteiger partial charge in [0, 0.05) is 17.4 Å². The highest BCUT2D eigenvalue weighted by molar-refractivity contribution is 5.88. The fourth-order valence-electron chi connectivity index (χ4n) is 6.03. The molecule has 4 aliphatic rings. The maximum Gasteiger partial charge on any atom is 0.231 e. The minimum Gasteiger partial charge on any atom is -0.490 e. The van der Waals surface area contributed by atoms with Gasteiger partial charge in [0.05, 0.1) is 17.9 Å². The molecule has 4 N–H and O–H groups in total. The number of aromatic nitrogens is 1. The Bertz CT molecular complexity index is 985. The number of ether oxygens (including phenoxy) is 1. The van der Waals surface area contributed by atoms with Crippen molar-refractivity contribution in [3.8, 4) is 5.75 Å². The largest absolute Gasteiger partial charge is 0.490 e. The van der Waals surface area contributed by atoms with Gasteiger partial charge in [-0.25, -0.2) is 4.39 Å². The fourth-order valence-corrected chi connectivity index (χ4v) is 6.03. The van der Waals surface area contributed by atoms with Crippen LogP contribution < -0.4 is 15.8 Å². The molecule has 3 aliphatic carbocycles. The Kier molecular flexibility index (Phi) is 5.86. The number of carbonyl (C=O) groups is 2. The Morgan fingerprint density at radius 3 is 2.47 bits per heavy atom. The molecule has 2 amide bonds. The molecule has 3 fully saturated rings. The van der Waals surface area contributed by atoms with Crippen LogP contribution in [-0.4, -0.2) is 40.7 Å². The van der Waals surface area contributed by atoms with Crippen LogP contribution >= 0.6 is 0 Å². The van der Waals surface area contributed by atoms with Gasteiger partial charge in [-0.3, -0.25) is 14.6 Å². The standard InChI is InChI=1S/C26H36FN3O4/c1-24(23(28)32)15-34-21-18(24)13-19(30-20(21)16-7-3-2-4-8-16)26(33,25(27)11-12-25)14-29-22(31)17-9-5-6-10-17/h13,16-17,33H,2-12,14-15H2,1H3,(H2,28,32)(H,29,31)/t24-,26-/m0/s1. The van der Waals surface area contributed by atoms with Gasteiger partial charge >= 0.3 is 0 Å². The lowest BCUT2D eigenvalue weighted by atomic mass is 9.79. The van der Waals surface area contributed by atoms with E-state index in [-0.39, 0.29) is 49.4 Å². The van der Waals surface area contributed by atoms with Crippen molar-refractivity contribution in [3.63, 3.8) is 0 Å². The molecule has 2 heterocycles. The lowest BCUT2D eigenvalue weighted by molar-refractivity contribution is -0.128. The highest BCUT2D eigenvalue weighted by atomic mass is 19.1. The molecular weight excluding hydrogens is 437 g/mol. The van der Waals surface area contributed by atoms with Crippen molar-refractivity contribution in [2.75, 3.05) is 13.2 Å². The Morgan fingerprint density at radius 2 is 1.85 bits per heavy atom. The highest BCUT2D eigenvalue weighted by Crippen LogP contribution is 2.55. The smallest absolute Gasteiger partial charge is 0.231 e. The van der Waals surface area contributed by atoms with Crippen LogP contribution in [0.5, 0.6) is 5.75 Å². The summed E-state index contributed by atoms with van der Waals surface area (Å²) in [5, 5.41) is 14.7. The van der Waals surface area contributed by atoms with E-state index >= 15 is 4.39 Å². The molecule has 34 heavy (non-hydrogen) atoms. The Morgan fingerprint density at radius 1 is 1.21 bits per heavy atom. The summed E-state index contributed by atoms with van der Waals surface area (Å²) in [6.07, 6.45) is 9.20. The maximum absolute atomic E-state index is 15.8. The van der Waals surface area contributed by atoms with E-state index in [2.05, 4.69) is 5.32 Å². The zero-order chi connectivity index (χ0) is 24.1. The molecule has 8 heteroatoms. The molecule has 0 spiro atoms. The van der Waals surface area contributed by atoms with Crippen LogP contribution in [0, 0.1) is 5.92 Å². The van der Waals surface area contributed by atoms with Gasteiger partial charge in [-0.1, -0.05) is 32.1 Å². The van der Waals surface area contributed by atoms with Crippen LogP contribution in [0.1, 0.15) is 100 Å². The number of hydrogen-bond donors (Lipinski definition) is 3. The van der Waals surface area contributed by atoms with E-state index in [9.17, 15) is 14.7 Å². The molecule has 0 radical (unpaired) electrons. The van der Waals surface area contributed by atoms with Crippen molar-refractivity contribution < 1.29 is 23.8 Å². The number of rotatable bonds is 7. The third kappa shape index (κ3) is 3.78. The van der Waals surface area contributed by atoms with Crippen molar-refractivity contribution in [3.05, 3.63) is 23.0 Å². The van der Waals surface area contributed by atoms with Gasteiger partial charge < -0.3 is 20.9 Å². The normalized spacial score (nSPS) is 28.1. The molecule has 2 atom stereocenters. The van der Waals surface area contributed by atoms with Gasteiger partial charge in [0.25, 0.3) is 0 Å². The number of hydrogen-bond acceptors (Lipinski definition) is 5. The summed E-state index contributed by atoms with van der Waals surface area (Å²) in [6, 6.07) is 1.60. The second-order valence-corrected chi connectivity index (χ2v) is 11.1. The molecule has 1 aromatic heterocycles. The summed E-state index contributed by atoms with van der Waals surface area (Å²) in [5.41, 5.74) is 2.24. The Balaban J connectivity index is 1.56. The number of aliphatic hydroxyl groups is 1. The van der Waals surface area contributed by atoms with Gasteiger partial charge in [-0.15, -0.1) is 0 Å². The highest BCUT2D eigenvalue weighted by Gasteiger charge is 2.62. The van der Waals surface area contributed by atoms with E-state index < -0.39 is 22.6 Å². The average Bonchev–Trinajstić information content (AvgIpc) is 3.24. The van der Waals surface area contributed by atoms with Crippen LogP contribution in [0.25, 0.3) is 0 Å².